The van der Waals surface area contributed by atoms with E-state index in [4.69, 9.17) is 17.0 Å². The molecule has 2 aromatic rings. The number of hydrogen-bond donors (Lipinski definition) is 2. The average molecular weight is 494 g/mol. The topological polar surface area (TPSA) is 167 Å². The lowest BCUT2D eigenvalue weighted by molar-refractivity contribution is -0.689. The Labute approximate surface area is 203 Å². The molecule has 2 aliphatic rings. The molecule has 0 radical (unpaired) electrons. The van der Waals surface area contributed by atoms with E-state index in [1.165, 1.54) is 24.0 Å². The molecule has 0 saturated carbocycles. The smallest absolute Gasteiger partial charge is 0.278 e. The van der Waals surface area contributed by atoms with Crippen molar-refractivity contribution in [2.24, 2.45) is 5.16 Å². The lowest BCUT2D eigenvalue weighted by Gasteiger charge is -2.50. The average Bonchev–Trinajstić information content (AvgIpc) is 2.85. The summed E-state index contributed by atoms with van der Waals surface area (Å²) in [4.78, 5) is 51.8. The van der Waals surface area contributed by atoms with E-state index in [0.29, 0.717) is 11.3 Å². The first-order valence-electron chi connectivity index (χ1n) is 10.3. The Balaban J connectivity index is 1.54. The summed E-state index contributed by atoms with van der Waals surface area (Å²) in [6.45, 7) is 0.0659. The number of carboxylic acids is 1. The van der Waals surface area contributed by atoms with E-state index in [0.717, 1.165) is 4.90 Å². The first-order chi connectivity index (χ1) is 16.9. The molecular formula is C22H19N7O5S. The third-order valence-corrected chi connectivity index (χ3v) is 6.43. The summed E-state index contributed by atoms with van der Waals surface area (Å²) in [6.07, 6.45) is 10.1. The molecule has 0 aromatic carbocycles. The largest absolute Gasteiger partial charge is 0.543 e. The van der Waals surface area contributed by atoms with Gasteiger partial charge in [0.1, 0.15) is 17.2 Å². The van der Waals surface area contributed by atoms with Crippen LogP contribution in [0.5, 0.6) is 0 Å². The molecule has 13 heteroatoms. The van der Waals surface area contributed by atoms with Crippen molar-refractivity contribution in [1.82, 2.24) is 20.2 Å². The molecule has 2 atom stereocenters. The van der Waals surface area contributed by atoms with Gasteiger partial charge in [0.15, 0.2) is 31.4 Å². The van der Waals surface area contributed by atoms with Crippen molar-refractivity contribution in [3.05, 3.63) is 60.0 Å². The van der Waals surface area contributed by atoms with Crippen molar-refractivity contribution < 1.29 is 28.9 Å². The summed E-state index contributed by atoms with van der Waals surface area (Å²) >= 11 is 1.33. The van der Waals surface area contributed by atoms with Gasteiger partial charge in [0.25, 0.3) is 11.8 Å². The molecule has 178 valence electrons. The predicted octanol–water partition coefficient (Wildman–Crippen LogP) is -2.20. The number of nitrogen functional groups attached to an aromatic ring is 1. The standard InChI is InChI=1S/C22H19N7O5S/c1-2-10-34-27-15(18-24-7-6-14(23)25-18)19(30)26-16-20(31)29-17(22(32)33)13(12-35-21(16)29)11-28-8-4-3-5-9-28/h1,3-9,16,21H,10-12H2,(H3-,23,24,25,26,30,32,33)/t16?,21-/m0/s1. The van der Waals surface area contributed by atoms with Crippen LogP contribution in [0, 0.1) is 12.3 Å². The Morgan fingerprint density at radius 1 is 1.40 bits per heavy atom. The second-order valence-electron chi connectivity index (χ2n) is 7.37. The molecule has 1 saturated heterocycles. The zero-order chi connectivity index (χ0) is 24.9. The van der Waals surface area contributed by atoms with Gasteiger partial charge in [0.05, 0.1) is 11.7 Å². The van der Waals surface area contributed by atoms with Crippen LogP contribution < -0.4 is 20.7 Å². The van der Waals surface area contributed by atoms with Gasteiger partial charge in [0.2, 0.25) is 5.71 Å². The van der Waals surface area contributed by atoms with E-state index < -0.39 is 29.2 Å². The third kappa shape index (κ3) is 4.92. The van der Waals surface area contributed by atoms with Crippen LogP contribution in [0.15, 0.2) is 59.3 Å². The number of aliphatic carboxylic acids is 1. The lowest BCUT2D eigenvalue weighted by atomic mass is 10.0. The zero-order valence-electron chi connectivity index (χ0n) is 18.2. The normalized spacial score (nSPS) is 19.3. The number of pyridine rings is 1. The van der Waals surface area contributed by atoms with Crippen molar-refractivity contribution in [3.8, 4) is 12.3 Å². The fourth-order valence-corrected chi connectivity index (χ4v) is 4.90. The molecule has 35 heavy (non-hydrogen) atoms. The quantitative estimate of drug-likeness (QED) is 0.104. The number of fused-ring (bicyclic) bond motifs is 1. The third-order valence-electron chi connectivity index (χ3n) is 5.09. The van der Waals surface area contributed by atoms with Gasteiger partial charge in [-0.3, -0.25) is 14.5 Å². The number of anilines is 1. The molecule has 4 heterocycles. The highest BCUT2D eigenvalue weighted by molar-refractivity contribution is 8.00. The SMILES string of the molecule is C#CCON=C(C(=O)NC1C(=O)N2C(C(=O)[O-])=C(C[n+]3ccccc3)CS[C@@H]12)c1nccc(N)n1. The molecule has 1 fully saturated rings. The van der Waals surface area contributed by atoms with E-state index in [1.54, 1.807) is 17.0 Å². The van der Waals surface area contributed by atoms with Gasteiger partial charge >= 0.3 is 0 Å². The van der Waals surface area contributed by atoms with Crippen LogP contribution in [-0.4, -0.2) is 62.1 Å². The number of thioether (sulfide) groups is 1. The van der Waals surface area contributed by atoms with Crippen LogP contribution in [0.2, 0.25) is 0 Å². The number of nitrogens with two attached hydrogens (primary N) is 1. The monoisotopic (exact) mass is 493 g/mol. The molecule has 1 unspecified atom stereocenters. The van der Waals surface area contributed by atoms with Crippen molar-refractivity contribution in [2.75, 3.05) is 18.1 Å². The second-order valence-corrected chi connectivity index (χ2v) is 8.48. The first-order valence-corrected chi connectivity index (χ1v) is 11.3. The maximum absolute atomic E-state index is 13.0. The van der Waals surface area contributed by atoms with Crippen LogP contribution in [0.4, 0.5) is 5.82 Å². The summed E-state index contributed by atoms with van der Waals surface area (Å²) in [5.74, 6) is -0.361. The van der Waals surface area contributed by atoms with Gasteiger partial charge in [-0.1, -0.05) is 17.1 Å². The van der Waals surface area contributed by atoms with Crippen molar-refractivity contribution >= 4 is 41.1 Å². The molecular weight excluding hydrogens is 474 g/mol. The molecule has 0 aliphatic carbocycles. The van der Waals surface area contributed by atoms with Crippen LogP contribution in [0.25, 0.3) is 0 Å². The van der Waals surface area contributed by atoms with Gasteiger partial charge in [-0.15, -0.1) is 18.2 Å². The van der Waals surface area contributed by atoms with Crippen LogP contribution in [0.3, 0.4) is 0 Å². The highest BCUT2D eigenvalue weighted by Crippen LogP contribution is 2.40. The van der Waals surface area contributed by atoms with E-state index in [1.807, 2.05) is 18.2 Å². The number of nitrogens with zero attached hydrogens (tertiary/aromatic N) is 5. The number of carbonyl (C=O) groups excluding carboxylic acids is 3. The Morgan fingerprint density at radius 3 is 2.86 bits per heavy atom. The molecule has 4 rings (SSSR count). The number of hydrogen-bond acceptors (Lipinski definition) is 10. The van der Waals surface area contributed by atoms with Gasteiger partial charge in [-0.2, -0.15) is 0 Å². The molecule has 2 amide bonds. The number of aromatic nitrogens is 3. The Bertz CT molecular complexity index is 1270. The number of terminal acetylenes is 1. The molecule has 0 bridgehead atoms. The number of carboxylic acid groups (broad SMARTS) is 1. The molecule has 0 spiro atoms. The predicted molar refractivity (Wildman–Crippen MR) is 121 cm³/mol. The summed E-state index contributed by atoms with van der Waals surface area (Å²) < 4.78 is 1.80. The fraction of sp³-hybridized carbons (Fsp3) is 0.227. The molecule has 12 nitrogen and oxygen atoms in total. The maximum Gasteiger partial charge on any atom is 0.278 e. The van der Waals surface area contributed by atoms with Gasteiger partial charge in [0, 0.05) is 29.7 Å². The first kappa shape index (κ1) is 23.7. The summed E-state index contributed by atoms with van der Waals surface area (Å²) in [5.41, 5.74) is 5.67. The molecule has 3 N–H and O–H groups in total. The zero-order valence-corrected chi connectivity index (χ0v) is 19.0. The maximum atomic E-state index is 13.0. The Kier molecular flexibility index (Phi) is 6.93. The Morgan fingerprint density at radius 2 is 2.17 bits per heavy atom. The highest BCUT2D eigenvalue weighted by atomic mass is 32.2. The van der Waals surface area contributed by atoms with E-state index in [-0.39, 0.29) is 36.2 Å². The van der Waals surface area contributed by atoms with Gasteiger partial charge in [-0.05, 0) is 6.07 Å². The van der Waals surface area contributed by atoms with E-state index >= 15 is 0 Å². The minimum Gasteiger partial charge on any atom is -0.543 e. The highest BCUT2D eigenvalue weighted by Gasteiger charge is 2.53. The van der Waals surface area contributed by atoms with Gasteiger partial charge in [-0.25, -0.2) is 14.5 Å². The van der Waals surface area contributed by atoms with Crippen LogP contribution in [-0.2, 0) is 25.8 Å². The molecule has 2 aromatic heterocycles. The van der Waals surface area contributed by atoms with Crippen molar-refractivity contribution in [3.63, 3.8) is 0 Å². The number of carbonyl (C=O) groups is 3. The van der Waals surface area contributed by atoms with Crippen molar-refractivity contribution in [1.29, 1.82) is 0 Å². The van der Waals surface area contributed by atoms with Crippen LogP contribution in [0.1, 0.15) is 5.82 Å². The van der Waals surface area contributed by atoms with E-state index in [2.05, 4.69) is 26.4 Å². The van der Waals surface area contributed by atoms with Gasteiger partial charge < -0.3 is 25.8 Å². The lowest BCUT2D eigenvalue weighted by Crippen LogP contribution is -2.71. The van der Waals surface area contributed by atoms with Crippen molar-refractivity contribution in [2.45, 2.75) is 18.0 Å². The fourth-order valence-electron chi connectivity index (χ4n) is 3.57. The summed E-state index contributed by atoms with van der Waals surface area (Å²) in [6, 6.07) is 5.88. The number of β-lactam (4-membered cyclic amide) rings is 1. The number of amides is 2. The van der Waals surface area contributed by atoms with E-state index in [9.17, 15) is 19.5 Å². The second kappa shape index (κ2) is 10.2. The molecule has 2 aliphatic heterocycles. The summed E-state index contributed by atoms with van der Waals surface area (Å²) in [5, 5.41) is 17.6. The number of rotatable bonds is 8. The number of nitrogens with one attached hydrogen (secondary N) is 1. The number of oxime groups is 1. The minimum atomic E-state index is -1.46. The minimum absolute atomic E-state index is 0.0914. The van der Waals surface area contributed by atoms with Crippen LogP contribution >= 0.6 is 11.8 Å². The summed E-state index contributed by atoms with van der Waals surface area (Å²) in [7, 11) is 0. The Hall–Kier alpha value is -4.44.